The van der Waals surface area contributed by atoms with Gasteiger partial charge >= 0.3 is 0 Å². The normalized spacial score (nSPS) is 14.3. The first kappa shape index (κ1) is 17.0. The second-order valence-corrected chi connectivity index (χ2v) is 6.02. The molecule has 0 saturated heterocycles. The molecule has 1 aliphatic rings. The van der Waals surface area contributed by atoms with Crippen molar-refractivity contribution in [1.82, 2.24) is 4.57 Å². The van der Waals surface area contributed by atoms with Crippen LogP contribution in [0.3, 0.4) is 0 Å². The van der Waals surface area contributed by atoms with Crippen molar-refractivity contribution in [3.8, 4) is 0 Å². The third-order valence-corrected chi connectivity index (χ3v) is 4.63. The van der Waals surface area contributed by atoms with Crippen molar-refractivity contribution in [3.05, 3.63) is 66.2 Å². The van der Waals surface area contributed by atoms with Crippen LogP contribution in [-0.2, 0) is 14.1 Å². The van der Waals surface area contributed by atoms with E-state index < -0.39 is 0 Å². The molecule has 25 heavy (non-hydrogen) atoms. The number of hydrogen-bond acceptors (Lipinski definition) is 2. The summed E-state index contributed by atoms with van der Waals surface area (Å²) in [6.07, 6.45) is 0. The van der Waals surface area contributed by atoms with Gasteiger partial charge in [-0.05, 0) is 24.3 Å². The number of para-hydroxylation sites is 3. The highest BCUT2D eigenvalue weighted by Gasteiger charge is 2.37. The number of aromatic nitrogens is 2. The first-order valence-corrected chi connectivity index (χ1v) is 7.87. The van der Waals surface area contributed by atoms with Crippen molar-refractivity contribution in [2.24, 2.45) is 14.1 Å². The van der Waals surface area contributed by atoms with Crippen LogP contribution in [0.15, 0.2) is 60.4 Å². The van der Waals surface area contributed by atoms with Crippen LogP contribution in [0.1, 0.15) is 5.82 Å². The first-order valence-electron chi connectivity index (χ1n) is 7.87. The number of benzene rings is 2. The zero-order valence-corrected chi connectivity index (χ0v) is 14.8. The van der Waals surface area contributed by atoms with Crippen molar-refractivity contribution in [2.75, 3.05) is 11.4 Å². The second-order valence-electron chi connectivity index (χ2n) is 6.02. The van der Waals surface area contributed by atoms with Crippen molar-refractivity contribution in [3.63, 3.8) is 0 Å². The van der Waals surface area contributed by atoms with Crippen molar-refractivity contribution in [2.45, 2.75) is 0 Å². The van der Waals surface area contributed by atoms with Gasteiger partial charge in [0.2, 0.25) is 0 Å². The van der Waals surface area contributed by atoms with E-state index in [1.807, 2.05) is 82.7 Å². The molecule has 0 bridgehead atoms. The first-order chi connectivity index (χ1) is 11.6. The van der Waals surface area contributed by atoms with Gasteiger partial charge in [0, 0.05) is 5.69 Å². The van der Waals surface area contributed by atoms with E-state index >= 15 is 0 Å². The fourth-order valence-electron chi connectivity index (χ4n) is 3.46. The molecule has 0 spiro atoms. The molecule has 2 N–H and O–H groups in total. The number of amidine groups is 1. The SMILES string of the molecule is Cn1c(C2=C(O)CN(c3ccccc3)C2=N)[n+](C)c2ccccc21.[Cl-]. The smallest absolute Gasteiger partial charge is 0.296 e. The third kappa shape index (κ3) is 2.48. The Morgan fingerprint density at radius 2 is 1.68 bits per heavy atom. The largest absolute Gasteiger partial charge is 1.00 e. The van der Waals surface area contributed by atoms with Gasteiger partial charge in [0.25, 0.3) is 5.82 Å². The van der Waals surface area contributed by atoms with Crippen LogP contribution in [0.5, 0.6) is 0 Å². The summed E-state index contributed by atoms with van der Waals surface area (Å²) < 4.78 is 4.06. The molecule has 0 unspecified atom stereocenters. The molecule has 0 atom stereocenters. The lowest BCUT2D eigenvalue weighted by atomic mass is 10.2. The number of nitrogens with one attached hydrogen (secondary N) is 1. The maximum absolute atomic E-state index is 10.6. The molecule has 1 aromatic heterocycles. The van der Waals surface area contributed by atoms with Gasteiger partial charge in [-0.1, -0.05) is 30.3 Å². The Kier molecular flexibility index (Phi) is 4.27. The van der Waals surface area contributed by atoms with E-state index in [4.69, 9.17) is 5.41 Å². The molecule has 128 valence electrons. The summed E-state index contributed by atoms with van der Waals surface area (Å²) in [5.74, 6) is 1.38. The molecular formula is C19H19ClN4O. The Bertz CT molecular complexity index is 952. The second kappa shape index (κ2) is 6.26. The van der Waals surface area contributed by atoms with Gasteiger partial charge in [0.05, 0.1) is 20.6 Å². The summed E-state index contributed by atoms with van der Waals surface area (Å²) in [6.45, 7) is 0.319. The van der Waals surface area contributed by atoms with Gasteiger partial charge in [0.1, 0.15) is 17.2 Å². The highest BCUT2D eigenvalue weighted by molar-refractivity contribution is 6.30. The summed E-state index contributed by atoms with van der Waals surface area (Å²) in [4.78, 5) is 1.82. The average molecular weight is 355 g/mol. The van der Waals surface area contributed by atoms with E-state index in [0.717, 1.165) is 22.5 Å². The van der Waals surface area contributed by atoms with E-state index in [1.54, 1.807) is 0 Å². The van der Waals surface area contributed by atoms with Gasteiger partial charge < -0.3 is 22.4 Å². The molecular weight excluding hydrogens is 336 g/mol. The summed E-state index contributed by atoms with van der Waals surface area (Å²) in [6, 6.07) is 17.8. The van der Waals surface area contributed by atoms with Crippen LogP contribution < -0.4 is 21.9 Å². The number of aliphatic hydroxyl groups excluding tert-OH is 1. The Morgan fingerprint density at radius 1 is 1.04 bits per heavy atom. The molecule has 4 rings (SSSR count). The van der Waals surface area contributed by atoms with Crippen molar-refractivity contribution >= 4 is 28.1 Å². The van der Waals surface area contributed by atoms with E-state index in [2.05, 4.69) is 0 Å². The molecule has 0 amide bonds. The Hall–Kier alpha value is -2.79. The summed E-state index contributed by atoms with van der Waals surface area (Å²) in [7, 11) is 3.94. The number of hydrogen-bond donors (Lipinski definition) is 2. The number of nitrogens with zero attached hydrogens (tertiary/aromatic N) is 3. The number of halogens is 1. The minimum absolute atomic E-state index is 0. The lowest BCUT2D eigenvalue weighted by Gasteiger charge is -2.18. The molecule has 6 heteroatoms. The molecule has 0 fully saturated rings. The van der Waals surface area contributed by atoms with Crippen molar-refractivity contribution in [1.29, 1.82) is 5.41 Å². The van der Waals surface area contributed by atoms with Crippen LogP contribution in [-0.4, -0.2) is 22.1 Å². The highest BCUT2D eigenvalue weighted by Crippen LogP contribution is 2.30. The van der Waals surface area contributed by atoms with Crippen LogP contribution in [0.4, 0.5) is 5.69 Å². The van der Waals surface area contributed by atoms with Gasteiger partial charge in [-0.2, -0.15) is 0 Å². The molecule has 5 nitrogen and oxygen atoms in total. The quantitative estimate of drug-likeness (QED) is 0.625. The van der Waals surface area contributed by atoms with E-state index in [1.165, 1.54) is 0 Å². The Morgan fingerprint density at radius 3 is 2.36 bits per heavy atom. The van der Waals surface area contributed by atoms with E-state index in [0.29, 0.717) is 18.0 Å². The average Bonchev–Trinajstić information content (AvgIpc) is 3.03. The summed E-state index contributed by atoms with van der Waals surface area (Å²) in [5.41, 5.74) is 3.63. The van der Waals surface area contributed by atoms with Crippen LogP contribution in [0, 0.1) is 5.41 Å². The maximum Gasteiger partial charge on any atom is 0.296 e. The predicted octanol–water partition coefficient (Wildman–Crippen LogP) is -0.227. The Labute approximate surface area is 152 Å². The lowest BCUT2D eigenvalue weighted by molar-refractivity contribution is -0.648. The van der Waals surface area contributed by atoms with Gasteiger partial charge in [-0.25, -0.2) is 9.13 Å². The lowest BCUT2D eigenvalue weighted by Crippen LogP contribution is -3.00. The van der Waals surface area contributed by atoms with Gasteiger partial charge in [-0.3, -0.25) is 5.41 Å². The third-order valence-electron chi connectivity index (χ3n) is 4.63. The van der Waals surface area contributed by atoms with Crippen LogP contribution >= 0.6 is 0 Å². The standard InChI is InChI=1S/C19H18N4O.ClH/c1-21-14-10-6-7-11-15(14)22(2)19(21)17-16(24)12-23(18(17)20)13-8-4-3-5-9-13;/h3-11,20H,12H2,1-2H3;1H. The molecule has 1 aliphatic heterocycles. The molecule has 0 radical (unpaired) electrons. The molecule has 3 aromatic rings. The van der Waals surface area contributed by atoms with Crippen LogP contribution in [0.2, 0.25) is 0 Å². The fraction of sp³-hybridized carbons (Fsp3) is 0.158. The van der Waals surface area contributed by atoms with Crippen LogP contribution in [0.25, 0.3) is 16.6 Å². The van der Waals surface area contributed by atoms with Crippen molar-refractivity contribution < 1.29 is 22.1 Å². The number of rotatable bonds is 2. The maximum atomic E-state index is 10.6. The minimum atomic E-state index is 0. The number of aryl methyl sites for hydroxylation is 2. The number of anilines is 1. The highest BCUT2D eigenvalue weighted by atomic mass is 35.5. The number of imidazole rings is 1. The zero-order chi connectivity index (χ0) is 16.8. The fourth-order valence-corrected chi connectivity index (χ4v) is 3.46. The summed E-state index contributed by atoms with van der Waals surface area (Å²) >= 11 is 0. The monoisotopic (exact) mass is 354 g/mol. The van der Waals surface area contributed by atoms with Gasteiger partial charge in [-0.15, -0.1) is 0 Å². The topological polar surface area (TPSA) is 56.1 Å². The number of fused-ring (bicyclic) bond motifs is 1. The molecule has 0 aliphatic carbocycles. The van der Waals surface area contributed by atoms with E-state index in [-0.39, 0.29) is 18.2 Å². The predicted molar refractivity (Wildman–Crippen MR) is 95.2 cm³/mol. The Balaban J connectivity index is 0.00000182. The molecule has 2 heterocycles. The number of aliphatic hydroxyl groups is 1. The minimum Gasteiger partial charge on any atom is -1.00 e. The van der Waals surface area contributed by atoms with Gasteiger partial charge in [0.15, 0.2) is 11.0 Å². The summed E-state index contributed by atoms with van der Waals surface area (Å²) in [5, 5.41) is 19.2. The van der Waals surface area contributed by atoms with E-state index in [9.17, 15) is 5.11 Å². The molecule has 0 saturated carbocycles. The molecule has 2 aromatic carbocycles. The zero-order valence-electron chi connectivity index (χ0n) is 14.1.